The summed E-state index contributed by atoms with van der Waals surface area (Å²) in [6.07, 6.45) is 3.64. The zero-order valence-electron chi connectivity index (χ0n) is 10.4. The van der Waals surface area contributed by atoms with Crippen LogP contribution in [0.4, 0.5) is 0 Å². The van der Waals surface area contributed by atoms with Crippen LogP contribution in [-0.2, 0) is 0 Å². The fourth-order valence-corrected chi connectivity index (χ4v) is 2.62. The van der Waals surface area contributed by atoms with Crippen LogP contribution in [0.2, 0.25) is 0 Å². The Kier molecular flexibility index (Phi) is 3.20. The van der Waals surface area contributed by atoms with Crippen LogP contribution in [0.15, 0.2) is 6.07 Å². The van der Waals surface area contributed by atoms with Gasteiger partial charge in [-0.1, -0.05) is 12.5 Å². The second-order valence-corrected chi connectivity index (χ2v) is 4.90. The van der Waals surface area contributed by atoms with Crippen LogP contribution in [0.3, 0.4) is 0 Å². The highest BCUT2D eigenvalue weighted by atomic mass is 16.3. The zero-order valence-corrected chi connectivity index (χ0v) is 10.4. The van der Waals surface area contributed by atoms with E-state index in [-0.39, 0.29) is 0 Å². The average Bonchev–Trinajstić information content (AvgIpc) is 2.28. The second-order valence-electron chi connectivity index (χ2n) is 4.90. The first-order valence-electron chi connectivity index (χ1n) is 6.14. The lowest BCUT2D eigenvalue weighted by Gasteiger charge is -2.27. The number of hydrogen-bond acceptors (Lipinski definition) is 2. The Morgan fingerprint density at radius 1 is 1.19 bits per heavy atom. The average molecular weight is 219 g/mol. The number of phenolic OH excluding ortho intramolecular Hbond substituents is 1. The molecule has 0 aromatic heterocycles. The van der Waals surface area contributed by atoms with Crippen LogP contribution in [0.5, 0.6) is 5.75 Å². The van der Waals surface area contributed by atoms with Crippen molar-refractivity contribution in [2.75, 3.05) is 6.54 Å². The molecule has 0 aliphatic carbocycles. The molecule has 0 spiro atoms. The van der Waals surface area contributed by atoms with Crippen molar-refractivity contribution in [2.45, 2.75) is 46.1 Å². The van der Waals surface area contributed by atoms with Gasteiger partial charge in [-0.15, -0.1) is 0 Å². The topological polar surface area (TPSA) is 32.3 Å². The smallest absolute Gasteiger partial charge is 0.123 e. The van der Waals surface area contributed by atoms with E-state index >= 15 is 0 Å². The summed E-state index contributed by atoms with van der Waals surface area (Å²) in [4.78, 5) is 0. The molecule has 2 nitrogen and oxygen atoms in total. The number of hydrogen-bond donors (Lipinski definition) is 2. The Hall–Kier alpha value is -1.02. The third-order valence-corrected chi connectivity index (χ3v) is 3.72. The molecule has 1 saturated heterocycles. The van der Waals surface area contributed by atoms with Gasteiger partial charge in [0.1, 0.15) is 5.75 Å². The number of aryl methyl sites for hydroxylation is 2. The highest BCUT2D eigenvalue weighted by Gasteiger charge is 2.21. The van der Waals surface area contributed by atoms with Gasteiger partial charge >= 0.3 is 0 Å². The van der Waals surface area contributed by atoms with Gasteiger partial charge in [-0.05, 0) is 56.8 Å². The molecule has 16 heavy (non-hydrogen) atoms. The highest BCUT2D eigenvalue weighted by molar-refractivity contribution is 5.50. The molecule has 1 unspecified atom stereocenters. The summed E-state index contributed by atoms with van der Waals surface area (Å²) in [6, 6.07) is 2.52. The van der Waals surface area contributed by atoms with Crippen LogP contribution in [-0.4, -0.2) is 11.7 Å². The van der Waals surface area contributed by atoms with E-state index in [1.54, 1.807) is 0 Å². The van der Waals surface area contributed by atoms with Crippen molar-refractivity contribution in [1.82, 2.24) is 5.32 Å². The first-order chi connectivity index (χ1) is 7.61. The molecule has 0 saturated carbocycles. The normalized spacial score (nSPS) is 21.1. The number of nitrogens with one attached hydrogen (secondary N) is 1. The lowest BCUT2D eigenvalue weighted by atomic mass is 9.90. The zero-order chi connectivity index (χ0) is 11.7. The molecule has 88 valence electrons. The molecule has 1 heterocycles. The Labute approximate surface area is 97.7 Å². The maximum Gasteiger partial charge on any atom is 0.123 e. The Morgan fingerprint density at radius 2 is 1.94 bits per heavy atom. The molecular formula is C14H21NO. The van der Waals surface area contributed by atoms with Gasteiger partial charge in [0, 0.05) is 11.6 Å². The van der Waals surface area contributed by atoms with Gasteiger partial charge in [-0.25, -0.2) is 0 Å². The molecule has 0 amide bonds. The summed E-state index contributed by atoms with van der Waals surface area (Å²) < 4.78 is 0. The second kappa shape index (κ2) is 4.46. The van der Waals surface area contributed by atoms with Crippen molar-refractivity contribution >= 4 is 0 Å². The van der Waals surface area contributed by atoms with Crippen LogP contribution >= 0.6 is 0 Å². The van der Waals surface area contributed by atoms with Crippen molar-refractivity contribution in [3.05, 3.63) is 28.3 Å². The predicted octanol–water partition coefficient (Wildman–Crippen LogP) is 3.13. The van der Waals surface area contributed by atoms with Crippen molar-refractivity contribution in [2.24, 2.45) is 0 Å². The lowest BCUT2D eigenvalue weighted by molar-refractivity contribution is 0.388. The molecule has 0 bridgehead atoms. The van der Waals surface area contributed by atoms with Gasteiger partial charge in [0.05, 0.1) is 0 Å². The molecular weight excluding hydrogens is 198 g/mol. The van der Waals surface area contributed by atoms with Crippen molar-refractivity contribution < 1.29 is 5.11 Å². The minimum absolute atomic E-state index is 0.341. The summed E-state index contributed by atoms with van der Waals surface area (Å²) >= 11 is 0. The molecule has 2 N–H and O–H groups in total. The number of phenols is 1. The van der Waals surface area contributed by atoms with E-state index in [9.17, 15) is 5.11 Å². The molecule has 1 aliphatic heterocycles. The third kappa shape index (κ3) is 1.94. The molecule has 1 fully saturated rings. The summed E-state index contributed by atoms with van der Waals surface area (Å²) in [7, 11) is 0. The van der Waals surface area contributed by atoms with Gasteiger partial charge in [-0.2, -0.15) is 0 Å². The van der Waals surface area contributed by atoms with E-state index in [4.69, 9.17) is 0 Å². The third-order valence-electron chi connectivity index (χ3n) is 3.72. The van der Waals surface area contributed by atoms with E-state index in [1.165, 1.54) is 24.0 Å². The quantitative estimate of drug-likeness (QED) is 0.760. The van der Waals surface area contributed by atoms with Crippen LogP contribution < -0.4 is 5.32 Å². The molecule has 2 rings (SSSR count). The number of rotatable bonds is 1. The monoisotopic (exact) mass is 219 g/mol. The van der Waals surface area contributed by atoms with Gasteiger partial charge in [0.15, 0.2) is 0 Å². The van der Waals surface area contributed by atoms with Gasteiger partial charge in [-0.3, -0.25) is 0 Å². The highest BCUT2D eigenvalue weighted by Crippen LogP contribution is 2.36. The SMILES string of the molecule is Cc1cc(C)c(C2CCCCN2)c(O)c1C. The van der Waals surface area contributed by atoms with Crippen molar-refractivity contribution in [1.29, 1.82) is 0 Å². The molecule has 1 aromatic carbocycles. The van der Waals surface area contributed by atoms with E-state index in [0.29, 0.717) is 11.8 Å². The molecule has 1 aromatic rings. The molecule has 1 aliphatic rings. The first kappa shape index (κ1) is 11.5. The van der Waals surface area contributed by atoms with Crippen molar-refractivity contribution in [3.63, 3.8) is 0 Å². The van der Waals surface area contributed by atoms with Gasteiger partial charge in [0.25, 0.3) is 0 Å². The lowest BCUT2D eigenvalue weighted by Crippen LogP contribution is -2.27. The number of aromatic hydroxyl groups is 1. The number of piperidine rings is 1. The minimum atomic E-state index is 0.341. The van der Waals surface area contributed by atoms with Crippen molar-refractivity contribution in [3.8, 4) is 5.75 Å². The first-order valence-corrected chi connectivity index (χ1v) is 6.14. The maximum atomic E-state index is 10.3. The summed E-state index contributed by atoms with van der Waals surface area (Å²) in [5, 5.41) is 13.8. The van der Waals surface area contributed by atoms with Gasteiger partial charge < -0.3 is 10.4 Å². The molecule has 0 radical (unpaired) electrons. The number of benzene rings is 1. The Morgan fingerprint density at radius 3 is 2.56 bits per heavy atom. The Balaban J connectivity index is 2.42. The van der Waals surface area contributed by atoms with E-state index in [0.717, 1.165) is 24.1 Å². The summed E-state index contributed by atoms with van der Waals surface area (Å²) in [5.41, 5.74) is 4.52. The minimum Gasteiger partial charge on any atom is -0.507 e. The van der Waals surface area contributed by atoms with E-state index in [1.807, 2.05) is 6.92 Å². The van der Waals surface area contributed by atoms with Crippen LogP contribution in [0, 0.1) is 20.8 Å². The fourth-order valence-electron chi connectivity index (χ4n) is 2.62. The Bertz CT molecular complexity index is 392. The molecule has 2 heteroatoms. The van der Waals surface area contributed by atoms with E-state index < -0.39 is 0 Å². The van der Waals surface area contributed by atoms with Gasteiger partial charge in [0.2, 0.25) is 0 Å². The summed E-state index contributed by atoms with van der Waals surface area (Å²) in [6.45, 7) is 7.21. The maximum absolute atomic E-state index is 10.3. The summed E-state index contributed by atoms with van der Waals surface area (Å²) in [5.74, 6) is 0.497. The standard InChI is InChI=1S/C14H21NO/c1-9-8-10(2)13(14(16)11(9)3)12-6-4-5-7-15-12/h8,12,15-16H,4-7H2,1-3H3. The predicted molar refractivity (Wildman–Crippen MR) is 66.9 cm³/mol. The van der Waals surface area contributed by atoms with Crippen LogP contribution in [0.25, 0.3) is 0 Å². The van der Waals surface area contributed by atoms with E-state index in [2.05, 4.69) is 25.2 Å². The fraction of sp³-hybridized carbons (Fsp3) is 0.571. The molecule has 1 atom stereocenters. The van der Waals surface area contributed by atoms with Crippen LogP contribution in [0.1, 0.15) is 47.6 Å². The largest absolute Gasteiger partial charge is 0.507 e.